The monoisotopic (exact) mass is 347 g/mol. The summed E-state index contributed by atoms with van der Waals surface area (Å²) in [6.45, 7) is 1.66. The van der Waals surface area contributed by atoms with E-state index in [1.165, 1.54) is 12.1 Å². The molecular formula is C13H12Cl3N3O2. The molecule has 0 radical (unpaired) electrons. The standard InChI is InChI=1S/C13H12Cl3N3O2/c1-7(8-4-17-18-5-8)19-13(20)6-21-12-3-10(15)9(14)2-11(12)16/h2-5,7H,6H2,1H3,(H,17,18)(H,19,20). The molecule has 0 aliphatic carbocycles. The summed E-state index contributed by atoms with van der Waals surface area (Å²) in [5.41, 5.74) is 0.871. The Morgan fingerprint density at radius 2 is 2.05 bits per heavy atom. The SMILES string of the molecule is CC(NC(=O)COc1cc(Cl)c(Cl)cc1Cl)c1cn[nH]c1. The number of nitrogens with zero attached hydrogens (tertiary/aromatic N) is 1. The summed E-state index contributed by atoms with van der Waals surface area (Å²) in [5, 5.41) is 10.2. The lowest BCUT2D eigenvalue weighted by Gasteiger charge is -2.13. The Hall–Kier alpha value is -1.43. The number of H-pyrrole nitrogens is 1. The van der Waals surface area contributed by atoms with E-state index in [0.717, 1.165) is 5.56 Å². The molecule has 1 amide bonds. The van der Waals surface area contributed by atoms with Crippen molar-refractivity contribution in [3.8, 4) is 5.75 Å². The van der Waals surface area contributed by atoms with Crippen LogP contribution in [0.5, 0.6) is 5.75 Å². The smallest absolute Gasteiger partial charge is 0.258 e. The molecule has 8 heteroatoms. The maximum atomic E-state index is 11.8. The van der Waals surface area contributed by atoms with Crippen LogP contribution in [-0.4, -0.2) is 22.7 Å². The number of ether oxygens (including phenoxy) is 1. The van der Waals surface area contributed by atoms with Crippen LogP contribution in [0, 0.1) is 0 Å². The number of nitrogens with one attached hydrogen (secondary N) is 2. The van der Waals surface area contributed by atoms with Crippen LogP contribution in [0.15, 0.2) is 24.5 Å². The second kappa shape index (κ2) is 7.02. The number of aromatic amines is 1. The first-order valence-electron chi connectivity index (χ1n) is 6.02. The van der Waals surface area contributed by atoms with Crippen molar-refractivity contribution in [3.05, 3.63) is 45.2 Å². The molecule has 1 heterocycles. The summed E-state index contributed by atoms with van der Waals surface area (Å²) in [4.78, 5) is 11.8. The molecule has 0 saturated heterocycles. The van der Waals surface area contributed by atoms with Gasteiger partial charge in [-0.2, -0.15) is 5.10 Å². The lowest BCUT2D eigenvalue weighted by Crippen LogP contribution is -2.31. The molecule has 112 valence electrons. The van der Waals surface area contributed by atoms with E-state index >= 15 is 0 Å². The van der Waals surface area contributed by atoms with Crippen LogP contribution in [0.1, 0.15) is 18.5 Å². The Morgan fingerprint density at radius 3 is 2.71 bits per heavy atom. The van der Waals surface area contributed by atoms with Crippen molar-refractivity contribution in [3.63, 3.8) is 0 Å². The molecular weight excluding hydrogens is 337 g/mol. The second-order valence-electron chi connectivity index (χ2n) is 4.31. The van der Waals surface area contributed by atoms with E-state index in [1.807, 2.05) is 6.92 Å². The average Bonchev–Trinajstić information content (AvgIpc) is 2.95. The van der Waals surface area contributed by atoms with Gasteiger partial charge in [-0.3, -0.25) is 9.89 Å². The van der Waals surface area contributed by atoms with Crippen molar-refractivity contribution >= 4 is 40.7 Å². The third-order valence-electron chi connectivity index (χ3n) is 2.73. The van der Waals surface area contributed by atoms with E-state index in [2.05, 4.69) is 15.5 Å². The fourth-order valence-corrected chi connectivity index (χ4v) is 2.21. The number of hydrogen-bond donors (Lipinski definition) is 2. The van der Waals surface area contributed by atoms with Crippen LogP contribution in [0.4, 0.5) is 0 Å². The molecule has 0 fully saturated rings. The van der Waals surface area contributed by atoms with Crippen LogP contribution >= 0.6 is 34.8 Å². The van der Waals surface area contributed by atoms with Gasteiger partial charge >= 0.3 is 0 Å². The fraction of sp³-hybridized carbons (Fsp3) is 0.231. The third-order valence-corrected chi connectivity index (χ3v) is 3.75. The molecule has 0 aliphatic rings. The Balaban J connectivity index is 1.91. The topological polar surface area (TPSA) is 67.0 Å². The predicted molar refractivity (Wildman–Crippen MR) is 82.1 cm³/mol. The highest BCUT2D eigenvalue weighted by atomic mass is 35.5. The van der Waals surface area contributed by atoms with Crippen molar-refractivity contribution in [2.45, 2.75) is 13.0 Å². The number of carbonyl (C=O) groups excluding carboxylic acids is 1. The highest BCUT2D eigenvalue weighted by Gasteiger charge is 2.13. The number of rotatable bonds is 5. The maximum Gasteiger partial charge on any atom is 0.258 e. The molecule has 1 aromatic heterocycles. The first-order valence-corrected chi connectivity index (χ1v) is 7.16. The number of benzene rings is 1. The lowest BCUT2D eigenvalue weighted by molar-refractivity contribution is -0.123. The van der Waals surface area contributed by atoms with E-state index in [4.69, 9.17) is 39.5 Å². The minimum atomic E-state index is -0.286. The van der Waals surface area contributed by atoms with Gasteiger partial charge in [0.2, 0.25) is 0 Å². The van der Waals surface area contributed by atoms with Gasteiger partial charge in [0, 0.05) is 17.8 Å². The van der Waals surface area contributed by atoms with Crippen molar-refractivity contribution in [1.82, 2.24) is 15.5 Å². The Morgan fingerprint density at radius 1 is 1.33 bits per heavy atom. The first kappa shape index (κ1) is 15.9. The Labute approximate surface area is 136 Å². The van der Waals surface area contributed by atoms with Crippen molar-refractivity contribution in [1.29, 1.82) is 0 Å². The quantitative estimate of drug-likeness (QED) is 0.811. The first-order chi connectivity index (χ1) is 9.97. The largest absolute Gasteiger partial charge is 0.482 e. The number of aromatic nitrogens is 2. The molecule has 2 rings (SSSR count). The zero-order valence-corrected chi connectivity index (χ0v) is 13.3. The van der Waals surface area contributed by atoms with Crippen molar-refractivity contribution in [2.24, 2.45) is 0 Å². The number of amides is 1. The van der Waals surface area contributed by atoms with Crippen molar-refractivity contribution in [2.75, 3.05) is 6.61 Å². The van der Waals surface area contributed by atoms with Gasteiger partial charge in [-0.15, -0.1) is 0 Å². The van der Waals surface area contributed by atoms with E-state index < -0.39 is 0 Å². The van der Waals surface area contributed by atoms with Gasteiger partial charge in [-0.1, -0.05) is 34.8 Å². The van der Waals surface area contributed by atoms with Crippen LogP contribution in [-0.2, 0) is 4.79 Å². The second-order valence-corrected chi connectivity index (χ2v) is 5.53. The van der Waals surface area contributed by atoms with E-state index in [9.17, 15) is 4.79 Å². The molecule has 1 unspecified atom stereocenters. The highest BCUT2D eigenvalue weighted by Crippen LogP contribution is 2.33. The van der Waals surface area contributed by atoms with E-state index in [1.54, 1.807) is 12.4 Å². The molecule has 0 spiro atoms. The predicted octanol–water partition coefficient (Wildman–Crippen LogP) is 3.63. The molecule has 0 aliphatic heterocycles. The van der Waals surface area contributed by atoms with E-state index in [-0.39, 0.29) is 18.6 Å². The van der Waals surface area contributed by atoms with Gasteiger partial charge in [-0.05, 0) is 13.0 Å². The van der Waals surface area contributed by atoms with Crippen LogP contribution in [0.2, 0.25) is 15.1 Å². The normalized spacial score (nSPS) is 12.0. The molecule has 21 heavy (non-hydrogen) atoms. The minimum Gasteiger partial charge on any atom is -0.482 e. The summed E-state index contributed by atoms with van der Waals surface area (Å²) in [6.07, 6.45) is 3.35. The average molecular weight is 349 g/mol. The lowest BCUT2D eigenvalue weighted by atomic mass is 10.2. The highest BCUT2D eigenvalue weighted by molar-refractivity contribution is 6.43. The Bertz CT molecular complexity index is 632. The van der Waals surface area contributed by atoms with Gasteiger partial charge in [0.15, 0.2) is 6.61 Å². The molecule has 0 saturated carbocycles. The molecule has 1 aromatic carbocycles. The molecule has 1 atom stereocenters. The number of carbonyl (C=O) groups is 1. The third kappa shape index (κ3) is 4.27. The van der Waals surface area contributed by atoms with Crippen LogP contribution < -0.4 is 10.1 Å². The van der Waals surface area contributed by atoms with Gasteiger partial charge in [0.05, 0.1) is 27.3 Å². The van der Waals surface area contributed by atoms with Crippen LogP contribution in [0.3, 0.4) is 0 Å². The zero-order chi connectivity index (χ0) is 15.4. The number of halogens is 3. The van der Waals surface area contributed by atoms with Gasteiger partial charge < -0.3 is 10.1 Å². The fourth-order valence-electron chi connectivity index (χ4n) is 1.62. The van der Waals surface area contributed by atoms with Crippen LogP contribution in [0.25, 0.3) is 0 Å². The summed E-state index contributed by atoms with van der Waals surface area (Å²) in [7, 11) is 0. The molecule has 5 nitrogen and oxygen atoms in total. The summed E-state index contributed by atoms with van der Waals surface area (Å²) in [6, 6.07) is 2.76. The maximum absolute atomic E-state index is 11.8. The molecule has 2 aromatic rings. The minimum absolute atomic E-state index is 0.177. The number of hydrogen-bond acceptors (Lipinski definition) is 3. The summed E-state index contributed by atoms with van der Waals surface area (Å²) >= 11 is 17.6. The van der Waals surface area contributed by atoms with E-state index in [0.29, 0.717) is 20.8 Å². The van der Waals surface area contributed by atoms with Gasteiger partial charge in [0.25, 0.3) is 5.91 Å². The molecule has 0 bridgehead atoms. The summed E-state index contributed by atoms with van der Waals surface area (Å²) in [5.74, 6) is 0.0167. The van der Waals surface area contributed by atoms with Gasteiger partial charge in [0.1, 0.15) is 5.75 Å². The van der Waals surface area contributed by atoms with Crippen molar-refractivity contribution < 1.29 is 9.53 Å². The Kier molecular flexibility index (Phi) is 5.33. The molecule has 2 N–H and O–H groups in total. The zero-order valence-electron chi connectivity index (χ0n) is 11.0. The van der Waals surface area contributed by atoms with Gasteiger partial charge in [-0.25, -0.2) is 0 Å². The summed E-state index contributed by atoms with van der Waals surface area (Å²) < 4.78 is 5.34.